The quantitative estimate of drug-likeness (QED) is 0.552. The lowest BCUT2D eigenvalue weighted by Crippen LogP contribution is -2.30. The number of benzene rings is 2. The highest BCUT2D eigenvalue weighted by atomic mass is 32.2. The third-order valence-electron chi connectivity index (χ3n) is 5.67. The fourth-order valence-electron chi connectivity index (χ4n) is 4.04. The molecule has 1 aliphatic rings. The first-order valence-electron chi connectivity index (χ1n) is 10.8. The Hall–Kier alpha value is -1.99. The number of nitrogens with one attached hydrogen (secondary N) is 1. The van der Waals surface area contributed by atoms with Crippen molar-refractivity contribution in [3.8, 4) is 0 Å². The topological polar surface area (TPSA) is 66.5 Å². The van der Waals surface area contributed by atoms with Crippen LogP contribution < -0.4 is 9.62 Å². The molecular weight excluding hydrogens is 428 g/mol. The standard InChI is InChI=1S/C24H32N2O3S2/c1-18-7-6-8-19(2)23(18)26(31(3,28)29)17-20-11-13-21(14-12-20)24(27)25-15-16-30-22-9-4-5-10-22/h6-8,11-14,22H,4-5,9-10,15-17H2,1-3H3,(H,25,27). The predicted molar refractivity (Wildman–Crippen MR) is 130 cm³/mol. The summed E-state index contributed by atoms with van der Waals surface area (Å²) in [6, 6.07) is 12.9. The van der Waals surface area contributed by atoms with Gasteiger partial charge in [0, 0.05) is 23.1 Å². The number of amides is 1. The summed E-state index contributed by atoms with van der Waals surface area (Å²) < 4.78 is 26.5. The maximum absolute atomic E-state index is 12.5. The summed E-state index contributed by atoms with van der Waals surface area (Å²) in [6.07, 6.45) is 6.48. The zero-order valence-corrected chi connectivity index (χ0v) is 20.2. The Kier molecular flexibility index (Phi) is 8.06. The van der Waals surface area contributed by atoms with E-state index in [4.69, 9.17) is 0 Å². The molecule has 0 saturated heterocycles. The average molecular weight is 461 g/mol. The van der Waals surface area contributed by atoms with E-state index in [9.17, 15) is 13.2 Å². The fourth-order valence-corrected chi connectivity index (χ4v) is 6.26. The molecule has 0 unspecified atom stereocenters. The Morgan fingerprint density at radius 2 is 1.68 bits per heavy atom. The second kappa shape index (κ2) is 10.6. The van der Waals surface area contributed by atoms with E-state index in [1.54, 1.807) is 12.1 Å². The molecule has 1 fully saturated rings. The predicted octanol–water partition coefficient (Wildman–Crippen LogP) is 4.68. The summed E-state index contributed by atoms with van der Waals surface area (Å²) in [5, 5.41) is 3.74. The smallest absolute Gasteiger partial charge is 0.251 e. The van der Waals surface area contributed by atoms with Crippen LogP contribution in [0.25, 0.3) is 0 Å². The lowest BCUT2D eigenvalue weighted by atomic mass is 10.1. The highest BCUT2D eigenvalue weighted by Crippen LogP contribution is 2.29. The number of carbonyl (C=O) groups is 1. The van der Waals surface area contributed by atoms with Gasteiger partial charge in [0.25, 0.3) is 5.91 Å². The van der Waals surface area contributed by atoms with E-state index in [-0.39, 0.29) is 12.5 Å². The van der Waals surface area contributed by atoms with Crippen LogP contribution in [0.15, 0.2) is 42.5 Å². The van der Waals surface area contributed by atoms with E-state index in [2.05, 4.69) is 5.32 Å². The Balaban J connectivity index is 1.62. The first kappa shape index (κ1) is 23.7. The highest BCUT2D eigenvalue weighted by molar-refractivity contribution is 7.99. The van der Waals surface area contributed by atoms with Crippen molar-refractivity contribution in [2.45, 2.75) is 51.3 Å². The van der Waals surface area contributed by atoms with Crippen molar-refractivity contribution >= 4 is 33.4 Å². The minimum Gasteiger partial charge on any atom is -0.351 e. The van der Waals surface area contributed by atoms with Gasteiger partial charge < -0.3 is 5.32 Å². The van der Waals surface area contributed by atoms with Crippen LogP contribution in [0.1, 0.15) is 52.7 Å². The number of para-hydroxylation sites is 1. The third kappa shape index (κ3) is 6.50. The van der Waals surface area contributed by atoms with Crippen molar-refractivity contribution in [1.29, 1.82) is 0 Å². The van der Waals surface area contributed by atoms with Crippen molar-refractivity contribution in [2.75, 3.05) is 22.9 Å². The van der Waals surface area contributed by atoms with Crippen LogP contribution in [-0.4, -0.2) is 38.1 Å². The van der Waals surface area contributed by atoms with Gasteiger partial charge in [-0.15, -0.1) is 0 Å². The fraction of sp³-hybridized carbons (Fsp3) is 0.458. The second-order valence-electron chi connectivity index (χ2n) is 8.24. The maximum atomic E-state index is 12.5. The van der Waals surface area contributed by atoms with E-state index in [0.717, 1.165) is 27.7 Å². The van der Waals surface area contributed by atoms with E-state index < -0.39 is 10.0 Å². The summed E-state index contributed by atoms with van der Waals surface area (Å²) in [4.78, 5) is 12.4. The first-order chi connectivity index (χ1) is 14.8. The Bertz CT molecular complexity index is 978. The largest absolute Gasteiger partial charge is 0.351 e. The average Bonchev–Trinajstić information content (AvgIpc) is 3.23. The molecule has 0 atom stereocenters. The normalized spacial score (nSPS) is 14.5. The second-order valence-corrected chi connectivity index (χ2v) is 11.6. The number of hydrogen-bond donors (Lipinski definition) is 1. The molecule has 0 bridgehead atoms. The van der Waals surface area contributed by atoms with Gasteiger partial charge in [0.2, 0.25) is 10.0 Å². The van der Waals surface area contributed by atoms with Gasteiger partial charge in [-0.05, 0) is 55.5 Å². The molecule has 2 aromatic carbocycles. The van der Waals surface area contributed by atoms with Crippen molar-refractivity contribution in [3.05, 3.63) is 64.7 Å². The van der Waals surface area contributed by atoms with Gasteiger partial charge in [0.15, 0.2) is 0 Å². The number of hydrogen-bond acceptors (Lipinski definition) is 4. The Morgan fingerprint density at radius 1 is 1.06 bits per heavy atom. The molecule has 3 rings (SSSR count). The highest BCUT2D eigenvalue weighted by Gasteiger charge is 2.21. The lowest BCUT2D eigenvalue weighted by molar-refractivity contribution is 0.0956. The van der Waals surface area contributed by atoms with Crippen LogP contribution in [0.3, 0.4) is 0 Å². The van der Waals surface area contributed by atoms with E-state index in [1.807, 2.05) is 55.9 Å². The molecule has 7 heteroatoms. The van der Waals surface area contributed by atoms with Crippen LogP contribution in [-0.2, 0) is 16.6 Å². The molecule has 2 aromatic rings. The van der Waals surface area contributed by atoms with Crippen molar-refractivity contribution < 1.29 is 13.2 Å². The lowest BCUT2D eigenvalue weighted by Gasteiger charge is -2.26. The number of anilines is 1. The van der Waals surface area contributed by atoms with Crippen LogP contribution in [0, 0.1) is 13.8 Å². The molecule has 168 valence electrons. The van der Waals surface area contributed by atoms with Gasteiger partial charge in [-0.3, -0.25) is 9.10 Å². The van der Waals surface area contributed by atoms with Crippen molar-refractivity contribution in [2.24, 2.45) is 0 Å². The molecule has 0 spiro atoms. The van der Waals surface area contributed by atoms with Crippen LogP contribution in [0.2, 0.25) is 0 Å². The number of sulfonamides is 1. The van der Waals surface area contributed by atoms with Gasteiger partial charge in [-0.25, -0.2) is 8.42 Å². The minimum atomic E-state index is -3.46. The number of nitrogens with zero attached hydrogens (tertiary/aromatic N) is 1. The molecule has 0 aliphatic heterocycles. The molecule has 0 aromatic heterocycles. The Labute approximate surface area is 190 Å². The van der Waals surface area contributed by atoms with Crippen molar-refractivity contribution in [3.63, 3.8) is 0 Å². The molecule has 1 amide bonds. The SMILES string of the molecule is Cc1cccc(C)c1N(Cc1ccc(C(=O)NCCSC2CCCC2)cc1)S(C)(=O)=O. The van der Waals surface area contributed by atoms with Gasteiger partial charge in [0.05, 0.1) is 18.5 Å². The molecule has 1 aliphatic carbocycles. The van der Waals surface area contributed by atoms with E-state index in [1.165, 1.54) is 36.2 Å². The van der Waals surface area contributed by atoms with Crippen LogP contribution in [0.5, 0.6) is 0 Å². The van der Waals surface area contributed by atoms with Gasteiger partial charge in [0.1, 0.15) is 0 Å². The Morgan fingerprint density at radius 3 is 2.26 bits per heavy atom. The van der Waals surface area contributed by atoms with Gasteiger partial charge in [-0.1, -0.05) is 43.2 Å². The van der Waals surface area contributed by atoms with Gasteiger partial charge in [-0.2, -0.15) is 11.8 Å². The van der Waals surface area contributed by atoms with E-state index in [0.29, 0.717) is 17.8 Å². The number of rotatable bonds is 9. The first-order valence-corrected chi connectivity index (χ1v) is 13.7. The molecule has 0 radical (unpaired) electrons. The minimum absolute atomic E-state index is 0.0895. The van der Waals surface area contributed by atoms with Crippen molar-refractivity contribution in [1.82, 2.24) is 5.32 Å². The van der Waals surface area contributed by atoms with E-state index >= 15 is 0 Å². The third-order valence-corrected chi connectivity index (χ3v) is 8.17. The molecule has 0 heterocycles. The number of carbonyl (C=O) groups excluding carboxylic acids is 1. The monoisotopic (exact) mass is 460 g/mol. The molecule has 5 nitrogen and oxygen atoms in total. The van der Waals surface area contributed by atoms with Gasteiger partial charge >= 0.3 is 0 Å². The zero-order valence-electron chi connectivity index (χ0n) is 18.6. The summed E-state index contributed by atoms with van der Waals surface area (Å²) >= 11 is 1.96. The molecule has 31 heavy (non-hydrogen) atoms. The number of aryl methyl sites for hydroxylation is 2. The summed E-state index contributed by atoms with van der Waals surface area (Å²) in [5.74, 6) is 0.849. The summed E-state index contributed by atoms with van der Waals surface area (Å²) in [6.45, 7) is 4.72. The number of thioether (sulfide) groups is 1. The molecule has 1 N–H and O–H groups in total. The molecular formula is C24H32N2O3S2. The van der Waals surface area contributed by atoms with Crippen LogP contribution in [0.4, 0.5) is 5.69 Å². The molecule has 1 saturated carbocycles. The van der Waals surface area contributed by atoms with Crippen LogP contribution >= 0.6 is 11.8 Å². The zero-order chi connectivity index (χ0) is 22.4. The summed E-state index contributed by atoms with van der Waals surface area (Å²) in [7, 11) is -3.46. The maximum Gasteiger partial charge on any atom is 0.251 e. The summed E-state index contributed by atoms with van der Waals surface area (Å²) in [5.41, 5.74) is 3.97.